The highest BCUT2D eigenvalue weighted by Gasteiger charge is 2.30. The van der Waals surface area contributed by atoms with Gasteiger partial charge in [-0.2, -0.15) is 13.2 Å². The minimum atomic E-state index is -4.33. The molecule has 2 fully saturated rings. The zero-order valence-corrected chi connectivity index (χ0v) is 18.8. The van der Waals surface area contributed by atoms with Crippen LogP contribution in [-0.4, -0.2) is 81.0 Å². The summed E-state index contributed by atoms with van der Waals surface area (Å²) in [7, 11) is 1.76. The number of halogens is 4. The maximum absolute atomic E-state index is 12.2. The van der Waals surface area contributed by atoms with Crippen LogP contribution in [-0.2, 0) is 11.3 Å². The second-order valence-electron chi connectivity index (χ2n) is 6.99. The molecule has 1 aromatic rings. The highest BCUT2D eigenvalue weighted by atomic mass is 127. The average Bonchev–Trinajstić information content (AvgIpc) is 3.18. The zero-order chi connectivity index (χ0) is 20.0. The van der Waals surface area contributed by atoms with Crippen LogP contribution >= 0.6 is 24.0 Å². The lowest BCUT2D eigenvalue weighted by Gasteiger charge is -2.32. The molecule has 1 aromatic carbocycles. The number of hydrogen-bond donors (Lipinski definition) is 1. The van der Waals surface area contributed by atoms with Crippen LogP contribution in [0.3, 0.4) is 0 Å². The Morgan fingerprint density at radius 2 is 1.90 bits per heavy atom. The number of nitrogens with one attached hydrogen (secondary N) is 1. The molecule has 6 nitrogen and oxygen atoms in total. The molecule has 0 amide bonds. The van der Waals surface area contributed by atoms with Gasteiger partial charge in [0.05, 0.1) is 13.2 Å². The van der Waals surface area contributed by atoms with E-state index in [0.29, 0.717) is 12.6 Å². The van der Waals surface area contributed by atoms with Crippen LogP contribution in [0.2, 0.25) is 0 Å². The van der Waals surface area contributed by atoms with Crippen molar-refractivity contribution in [3.63, 3.8) is 0 Å². The number of hydrogen-bond acceptors (Lipinski definition) is 4. The van der Waals surface area contributed by atoms with Gasteiger partial charge in [0.2, 0.25) is 0 Å². The van der Waals surface area contributed by atoms with Crippen LogP contribution in [0.5, 0.6) is 5.75 Å². The van der Waals surface area contributed by atoms with Crippen molar-refractivity contribution in [3.05, 3.63) is 29.8 Å². The van der Waals surface area contributed by atoms with Crippen molar-refractivity contribution in [2.45, 2.75) is 25.2 Å². The second-order valence-corrected chi connectivity index (χ2v) is 6.99. The summed E-state index contributed by atoms with van der Waals surface area (Å²) in [5, 5.41) is 3.34. The molecule has 2 aliphatic rings. The molecule has 3 rings (SSSR count). The average molecular weight is 528 g/mol. The van der Waals surface area contributed by atoms with E-state index in [1.807, 2.05) is 0 Å². The van der Waals surface area contributed by atoms with Crippen LogP contribution in [0.25, 0.3) is 0 Å². The van der Waals surface area contributed by atoms with Crippen LogP contribution in [0.15, 0.2) is 29.3 Å². The fraction of sp³-hybridized carbons (Fsp3) is 0.632. The molecule has 0 aliphatic carbocycles. The Morgan fingerprint density at radius 1 is 1.21 bits per heavy atom. The zero-order valence-electron chi connectivity index (χ0n) is 16.5. The summed E-state index contributed by atoms with van der Waals surface area (Å²) in [4.78, 5) is 9.11. The van der Waals surface area contributed by atoms with Gasteiger partial charge in [0.1, 0.15) is 5.75 Å². The van der Waals surface area contributed by atoms with Crippen LogP contribution in [0.4, 0.5) is 13.2 Å². The van der Waals surface area contributed by atoms with Crippen molar-refractivity contribution in [1.29, 1.82) is 0 Å². The lowest BCUT2D eigenvalue weighted by Crippen LogP contribution is -2.46. The summed E-state index contributed by atoms with van der Waals surface area (Å²) in [6.07, 6.45) is -3.23. The molecule has 2 heterocycles. The van der Waals surface area contributed by atoms with Gasteiger partial charge in [-0.3, -0.25) is 9.89 Å². The number of nitrogens with zero attached hydrogens (tertiary/aromatic N) is 3. The first-order valence-corrected chi connectivity index (χ1v) is 9.50. The monoisotopic (exact) mass is 528 g/mol. The van der Waals surface area contributed by atoms with Crippen molar-refractivity contribution in [3.8, 4) is 5.75 Å². The SMILES string of the molecule is CN=C(NCc1ccc(OCC(F)(F)F)cc1)N1CCC(N2CCOCC2)C1.I. The molecule has 0 saturated carbocycles. The molecule has 2 aliphatic heterocycles. The van der Waals surface area contributed by atoms with Crippen LogP contribution < -0.4 is 10.1 Å². The first-order chi connectivity index (χ1) is 13.4. The molecule has 1 atom stereocenters. The highest BCUT2D eigenvalue weighted by molar-refractivity contribution is 14.0. The number of guanidine groups is 1. The molecule has 0 bridgehead atoms. The summed E-state index contributed by atoms with van der Waals surface area (Å²) in [6, 6.07) is 7.14. The molecule has 2 saturated heterocycles. The third-order valence-corrected chi connectivity index (χ3v) is 5.01. The predicted molar refractivity (Wildman–Crippen MR) is 116 cm³/mol. The van der Waals surface area contributed by atoms with Crippen molar-refractivity contribution in [2.75, 3.05) is 53.0 Å². The molecule has 0 radical (unpaired) electrons. The quantitative estimate of drug-likeness (QED) is 0.362. The van der Waals surface area contributed by atoms with E-state index in [1.54, 1.807) is 31.3 Å². The molecule has 10 heteroatoms. The van der Waals surface area contributed by atoms with Crippen molar-refractivity contribution in [2.24, 2.45) is 4.99 Å². The summed E-state index contributed by atoms with van der Waals surface area (Å²) in [6.45, 7) is 4.70. The largest absolute Gasteiger partial charge is 0.484 e. The van der Waals surface area contributed by atoms with E-state index in [2.05, 4.69) is 20.1 Å². The van der Waals surface area contributed by atoms with Gasteiger partial charge in [0.25, 0.3) is 0 Å². The van der Waals surface area contributed by atoms with Crippen molar-refractivity contribution >= 4 is 29.9 Å². The molecule has 29 heavy (non-hydrogen) atoms. The summed E-state index contributed by atoms with van der Waals surface area (Å²) < 4.78 is 46.8. The topological polar surface area (TPSA) is 49.3 Å². The van der Waals surface area contributed by atoms with Gasteiger partial charge in [-0.05, 0) is 24.1 Å². The minimum absolute atomic E-state index is 0. The van der Waals surface area contributed by atoms with E-state index in [-0.39, 0.29) is 29.7 Å². The maximum Gasteiger partial charge on any atom is 0.422 e. The lowest BCUT2D eigenvalue weighted by molar-refractivity contribution is -0.153. The van der Waals surface area contributed by atoms with E-state index in [9.17, 15) is 13.2 Å². The highest BCUT2D eigenvalue weighted by Crippen LogP contribution is 2.19. The van der Waals surface area contributed by atoms with Gasteiger partial charge < -0.3 is 19.7 Å². The fourth-order valence-corrected chi connectivity index (χ4v) is 3.56. The number of alkyl halides is 3. The van der Waals surface area contributed by atoms with Crippen LogP contribution in [0, 0.1) is 0 Å². The number of benzene rings is 1. The van der Waals surface area contributed by atoms with Gasteiger partial charge in [0, 0.05) is 45.8 Å². The number of morpholine rings is 1. The first kappa shape index (κ1) is 24.0. The number of likely N-dealkylation sites (tertiary alicyclic amines) is 1. The molecule has 164 valence electrons. The first-order valence-electron chi connectivity index (χ1n) is 9.50. The van der Waals surface area contributed by atoms with E-state index in [4.69, 9.17) is 9.47 Å². The van der Waals surface area contributed by atoms with Crippen molar-refractivity contribution in [1.82, 2.24) is 15.1 Å². The Kier molecular flexibility index (Phi) is 9.28. The molecule has 1 unspecified atom stereocenters. The third-order valence-electron chi connectivity index (χ3n) is 5.01. The lowest BCUT2D eigenvalue weighted by atomic mass is 10.2. The number of aliphatic imine (C=N–C) groups is 1. The normalized spacial score (nSPS) is 21.0. The molecule has 0 aromatic heterocycles. The second kappa shape index (κ2) is 11.2. The Hall–Kier alpha value is -1.27. The van der Waals surface area contributed by atoms with Crippen molar-refractivity contribution < 1.29 is 22.6 Å². The number of rotatable bonds is 5. The third kappa shape index (κ3) is 7.49. The van der Waals surface area contributed by atoms with Gasteiger partial charge in [-0.25, -0.2) is 0 Å². The van der Waals surface area contributed by atoms with Gasteiger partial charge in [-0.1, -0.05) is 12.1 Å². The van der Waals surface area contributed by atoms with E-state index < -0.39 is 12.8 Å². The number of ether oxygens (including phenoxy) is 2. The Bertz CT molecular complexity index is 652. The Balaban J connectivity index is 0.00000300. The molecule has 0 spiro atoms. The maximum atomic E-state index is 12.2. The molecule has 1 N–H and O–H groups in total. The van der Waals surface area contributed by atoms with E-state index in [0.717, 1.165) is 57.3 Å². The molecular formula is C19H28F3IN4O2. The fourth-order valence-electron chi connectivity index (χ4n) is 3.56. The van der Waals surface area contributed by atoms with Gasteiger partial charge in [-0.15, -0.1) is 24.0 Å². The summed E-state index contributed by atoms with van der Waals surface area (Å²) in [5.74, 6) is 1.05. The summed E-state index contributed by atoms with van der Waals surface area (Å²) in [5.41, 5.74) is 0.949. The minimum Gasteiger partial charge on any atom is -0.484 e. The summed E-state index contributed by atoms with van der Waals surface area (Å²) >= 11 is 0. The van der Waals surface area contributed by atoms with Gasteiger partial charge >= 0.3 is 6.18 Å². The molecular weight excluding hydrogens is 500 g/mol. The standard InChI is InChI=1S/C19H27F3N4O2.HI/c1-23-18(26-7-6-16(13-26)25-8-10-27-11-9-25)24-12-15-2-4-17(5-3-15)28-14-19(20,21)22;/h2-5,16H,6-14H2,1H3,(H,23,24);1H. The van der Waals surface area contributed by atoms with E-state index in [1.165, 1.54) is 0 Å². The predicted octanol–water partition coefficient (Wildman–Crippen LogP) is 2.73. The van der Waals surface area contributed by atoms with E-state index >= 15 is 0 Å². The Labute approximate surface area is 186 Å². The smallest absolute Gasteiger partial charge is 0.422 e. The Morgan fingerprint density at radius 3 is 2.52 bits per heavy atom. The van der Waals surface area contributed by atoms with Gasteiger partial charge in [0.15, 0.2) is 12.6 Å². The van der Waals surface area contributed by atoms with Crippen LogP contribution in [0.1, 0.15) is 12.0 Å².